The highest BCUT2D eigenvalue weighted by Gasteiger charge is 2.09. The normalized spacial score (nSPS) is 15.1. The van der Waals surface area contributed by atoms with E-state index in [1.54, 1.807) is 7.11 Å². The lowest BCUT2D eigenvalue weighted by Gasteiger charge is -2.26. The van der Waals surface area contributed by atoms with Crippen LogP contribution in [0.1, 0.15) is 12.5 Å². The fraction of sp³-hybridized carbons (Fsp3) is 0.632. The molecule has 2 rings (SSSR count). The number of methoxy groups -OCH3 is 1. The molecule has 0 spiro atoms. The Kier molecular flexibility index (Phi) is 13.2. The molecular formula is C19H33IN4O3. The molecule has 0 aliphatic carbocycles. The second kappa shape index (κ2) is 14.9. The van der Waals surface area contributed by atoms with Gasteiger partial charge in [-0.05, 0) is 24.6 Å². The molecule has 0 atom stereocenters. The summed E-state index contributed by atoms with van der Waals surface area (Å²) in [6.45, 7) is 10.1. The van der Waals surface area contributed by atoms with Crippen molar-refractivity contribution < 1.29 is 14.2 Å². The molecule has 1 saturated heterocycles. The van der Waals surface area contributed by atoms with E-state index in [0.717, 1.165) is 63.2 Å². The first-order valence-corrected chi connectivity index (χ1v) is 9.34. The topological polar surface area (TPSA) is 67.4 Å². The Hall–Kier alpha value is -1.10. The Morgan fingerprint density at radius 3 is 2.78 bits per heavy atom. The Balaban J connectivity index is 0.00000364. The summed E-state index contributed by atoms with van der Waals surface area (Å²) < 4.78 is 16.3. The molecule has 8 heteroatoms. The SMILES string of the molecule is CCNC(=NCc1cccc(OCCN2CCOCC2)c1)NCCOC.I. The lowest BCUT2D eigenvalue weighted by Crippen LogP contribution is -2.38. The van der Waals surface area contributed by atoms with Crippen LogP contribution in [0.15, 0.2) is 29.3 Å². The van der Waals surface area contributed by atoms with Gasteiger partial charge in [-0.25, -0.2) is 4.99 Å². The van der Waals surface area contributed by atoms with Gasteiger partial charge in [0, 0.05) is 39.8 Å². The average molecular weight is 492 g/mol. The predicted molar refractivity (Wildman–Crippen MR) is 119 cm³/mol. The number of morpholine rings is 1. The summed E-state index contributed by atoms with van der Waals surface area (Å²) in [5, 5.41) is 6.48. The van der Waals surface area contributed by atoms with Crippen LogP contribution in [-0.4, -0.2) is 77.1 Å². The van der Waals surface area contributed by atoms with E-state index >= 15 is 0 Å². The lowest BCUT2D eigenvalue weighted by molar-refractivity contribution is 0.0322. The van der Waals surface area contributed by atoms with Crippen molar-refractivity contribution in [2.75, 3.05) is 66.3 Å². The Morgan fingerprint density at radius 1 is 1.22 bits per heavy atom. The fourth-order valence-corrected chi connectivity index (χ4v) is 2.63. The summed E-state index contributed by atoms with van der Waals surface area (Å²) in [6, 6.07) is 8.13. The van der Waals surface area contributed by atoms with Crippen LogP contribution in [0.25, 0.3) is 0 Å². The molecule has 2 N–H and O–H groups in total. The zero-order valence-corrected chi connectivity index (χ0v) is 18.7. The smallest absolute Gasteiger partial charge is 0.191 e. The van der Waals surface area contributed by atoms with E-state index in [1.165, 1.54) is 0 Å². The molecule has 0 saturated carbocycles. The Labute approximate surface area is 179 Å². The highest BCUT2D eigenvalue weighted by Crippen LogP contribution is 2.14. The van der Waals surface area contributed by atoms with Gasteiger partial charge < -0.3 is 24.8 Å². The molecule has 0 radical (unpaired) electrons. The van der Waals surface area contributed by atoms with Gasteiger partial charge in [0.2, 0.25) is 0 Å². The maximum atomic E-state index is 5.90. The number of nitrogens with zero attached hydrogens (tertiary/aromatic N) is 2. The summed E-state index contributed by atoms with van der Waals surface area (Å²) in [4.78, 5) is 6.98. The molecular weight excluding hydrogens is 459 g/mol. The van der Waals surface area contributed by atoms with Gasteiger partial charge in [-0.15, -0.1) is 24.0 Å². The minimum Gasteiger partial charge on any atom is -0.492 e. The minimum absolute atomic E-state index is 0. The van der Waals surface area contributed by atoms with Gasteiger partial charge in [0.25, 0.3) is 0 Å². The van der Waals surface area contributed by atoms with Gasteiger partial charge >= 0.3 is 0 Å². The number of hydrogen-bond donors (Lipinski definition) is 2. The van der Waals surface area contributed by atoms with Crippen LogP contribution >= 0.6 is 24.0 Å². The van der Waals surface area contributed by atoms with Gasteiger partial charge in [-0.1, -0.05) is 12.1 Å². The number of nitrogens with one attached hydrogen (secondary N) is 2. The second-order valence-electron chi connectivity index (χ2n) is 6.06. The highest BCUT2D eigenvalue weighted by atomic mass is 127. The lowest BCUT2D eigenvalue weighted by atomic mass is 10.2. The molecule has 1 heterocycles. The molecule has 0 unspecified atom stereocenters. The van der Waals surface area contributed by atoms with Crippen LogP contribution in [0.5, 0.6) is 5.75 Å². The molecule has 0 bridgehead atoms. The van der Waals surface area contributed by atoms with Gasteiger partial charge in [0.1, 0.15) is 12.4 Å². The van der Waals surface area contributed by atoms with Crippen LogP contribution in [0.2, 0.25) is 0 Å². The number of rotatable bonds is 10. The third-order valence-electron chi connectivity index (χ3n) is 4.04. The highest BCUT2D eigenvalue weighted by molar-refractivity contribution is 14.0. The molecule has 1 aromatic carbocycles. The van der Waals surface area contributed by atoms with E-state index in [0.29, 0.717) is 19.8 Å². The van der Waals surface area contributed by atoms with Crippen LogP contribution in [0, 0.1) is 0 Å². The third-order valence-corrected chi connectivity index (χ3v) is 4.04. The zero-order chi connectivity index (χ0) is 18.5. The molecule has 7 nitrogen and oxygen atoms in total. The summed E-state index contributed by atoms with van der Waals surface area (Å²) in [5.74, 6) is 1.69. The van der Waals surface area contributed by atoms with Crippen molar-refractivity contribution in [2.45, 2.75) is 13.5 Å². The average Bonchev–Trinajstić information content (AvgIpc) is 2.67. The summed E-state index contributed by atoms with van der Waals surface area (Å²) in [5.41, 5.74) is 1.12. The van der Waals surface area contributed by atoms with Crippen molar-refractivity contribution in [3.05, 3.63) is 29.8 Å². The zero-order valence-electron chi connectivity index (χ0n) is 16.4. The van der Waals surface area contributed by atoms with Crippen LogP contribution in [0.3, 0.4) is 0 Å². The van der Waals surface area contributed by atoms with E-state index < -0.39 is 0 Å². The molecule has 1 aromatic rings. The molecule has 0 amide bonds. The fourth-order valence-electron chi connectivity index (χ4n) is 2.63. The van der Waals surface area contributed by atoms with Crippen molar-refractivity contribution in [3.8, 4) is 5.75 Å². The van der Waals surface area contributed by atoms with Gasteiger partial charge in [-0.3, -0.25) is 4.90 Å². The Bertz CT molecular complexity index is 539. The largest absolute Gasteiger partial charge is 0.492 e. The number of guanidine groups is 1. The molecule has 1 aliphatic heterocycles. The first kappa shape index (κ1) is 23.9. The number of aliphatic imine (C=N–C) groups is 1. The number of hydrogen-bond acceptors (Lipinski definition) is 5. The molecule has 0 aromatic heterocycles. The van der Waals surface area contributed by atoms with Gasteiger partial charge in [-0.2, -0.15) is 0 Å². The minimum atomic E-state index is 0. The predicted octanol–water partition coefficient (Wildman–Crippen LogP) is 1.72. The van der Waals surface area contributed by atoms with Crippen molar-refractivity contribution in [1.82, 2.24) is 15.5 Å². The number of halogens is 1. The third kappa shape index (κ3) is 10.1. The van der Waals surface area contributed by atoms with Crippen LogP contribution in [0.4, 0.5) is 0 Å². The summed E-state index contributed by atoms with van der Waals surface area (Å²) >= 11 is 0. The number of ether oxygens (including phenoxy) is 3. The molecule has 154 valence electrons. The van der Waals surface area contributed by atoms with Crippen molar-refractivity contribution in [3.63, 3.8) is 0 Å². The van der Waals surface area contributed by atoms with Crippen LogP contribution < -0.4 is 15.4 Å². The summed E-state index contributed by atoms with van der Waals surface area (Å²) in [6.07, 6.45) is 0. The van der Waals surface area contributed by atoms with E-state index in [4.69, 9.17) is 14.2 Å². The molecule has 27 heavy (non-hydrogen) atoms. The molecule has 1 aliphatic rings. The van der Waals surface area contributed by atoms with E-state index in [1.807, 2.05) is 12.1 Å². The van der Waals surface area contributed by atoms with Gasteiger partial charge in [0.05, 0.1) is 26.4 Å². The maximum absolute atomic E-state index is 5.90. The first-order valence-electron chi connectivity index (χ1n) is 9.34. The first-order chi connectivity index (χ1) is 12.8. The van der Waals surface area contributed by atoms with E-state index in [2.05, 4.69) is 39.6 Å². The standard InChI is InChI=1S/C19H32N4O3.HI/c1-3-20-19(21-7-11-24-2)22-16-17-5-4-6-18(15-17)26-14-10-23-8-12-25-13-9-23;/h4-6,15H,3,7-14,16H2,1-2H3,(H2,20,21,22);1H. The molecule has 1 fully saturated rings. The quantitative estimate of drug-likeness (QED) is 0.225. The Morgan fingerprint density at radius 2 is 2.04 bits per heavy atom. The van der Waals surface area contributed by atoms with Crippen LogP contribution in [-0.2, 0) is 16.0 Å². The monoisotopic (exact) mass is 492 g/mol. The maximum Gasteiger partial charge on any atom is 0.191 e. The van der Waals surface area contributed by atoms with Crippen molar-refractivity contribution >= 4 is 29.9 Å². The second-order valence-corrected chi connectivity index (χ2v) is 6.06. The summed E-state index contributed by atoms with van der Waals surface area (Å²) in [7, 11) is 1.69. The van der Waals surface area contributed by atoms with E-state index in [9.17, 15) is 0 Å². The van der Waals surface area contributed by atoms with E-state index in [-0.39, 0.29) is 24.0 Å². The number of benzene rings is 1. The van der Waals surface area contributed by atoms with Crippen molar-refractivity contribution in [1.29, 1.82) is 0 Å². The van der Waals surface area contributed by atoms with Crippen molar-refractivity contribution in [2.24, 2.45) is 4.99 Å². The van der Waals surface area contributed by atoms with Gasteiger partial charge in [0.15, 0.2) is 5.96 Å².